The van der Waals surface area contributed by atoms with Crippen molar-refractivity contribution in [2.75, 3.05) is 20.6 Å². The largest absolute Gasteiger partial charge is 0.503 e. The van der Waals surface area contributed by atoms with Crippen molar-refractivity contribution in [3.63, 3.8) is 0 Å². The Morgan fingerprint density at radius 1 is 1.22 bits per heavy atom. The molecule has 2 amide bonds. The number of benzene rings is 2. The number of aromatic hydroxyl groups is 1. The summed E-state index contributed by atoms with van der Waals surface area (Å²) in [4.78, 5) is 45.4. The third kappa shape index (κ3) is 6.56. The minimum absolute atomic E-state index is 0.0192. The van der Waals surface area contributed by atoms with Crippen molar-refractivity contribution in [3.05, 3.63) is 98.4 Å². The lowest BCUT2D eigenvalue weighted by molar-refractivity contribution is -0.00460. The van der Waals surface area contributed by atoms with Crippen LogP contribution in [0.3, 0.4) is 0 Å². The molecule has 0 aliphatic carbocycles. The lowest BCUT2D eigenvalue weighted by Crippen LogP contribution is -2.65. The summed E-state index contributed by atoms with van der Waals surface area (Å²) in [7, 11) is 3.27. The van der Waals surface area contributed by atoms with E-state index in [1.807, 2.05) is 37.3 Å². The molecule has 2 aromatic heterocycles. The number of aromatic amines is 1. The van der Waals surface area contributed by atoms with Crippen LogP contribution in [0.1, 0.15) is 46.4 Å². The van der Waals surface area contributed by atoms with Crippen LogP contribution in [-0.2, 0) is 17.8 Å². The van der Waals surface area contributed by atoms with E-state index in [4.69, 9.17) is 4.74 Å². The maximum Gasteiger partial charge on any atom is 0.410 e. The van der Waals surface area contributed by atoms with Crippen molar-refractivity contribution in [2.45, 2.75) is 44.5 Å². The van der Waals surface area contributed by atoms with Gasteiger partial charge in [-0.2, -0.15) is 0 Å². The van der Waals surface area contributed by atoms with Crippen molar-refractivity contribution in [2.24, 2.45) is 0 Å². The van der Waals surface area contributed by atoms with Gasteiger partial charge in [0.25, 0.3) is 5.91 Å². The van der Waals surface area contributed by atoms with Crippen molar-refractivity contribution >= 4 is 23.3 Å². The first-order valence-corrected chi connectivity index (χ1v) is 15.0. The number of nitrogens with one attached hydrogen (secondary N) is 2. The van der Waals surface area contributed by atoms with Gasteiger partial charge in [-0.15, -0.1) is 10.2 Å². The van der Waals surface area contributed by atoms with Gasteiger partial charge in [-0.3, -0.25) is 14.9 Å². The average Bonchev–Trinajstić information content (AvgIpc) is 3.50. The Balaban J connectivity index is 1.28. The fourth-order valence-corrected chi connectivity index (χ4v) is 6.34. The van der Waals surface area contributed by atoms with Crippen LogP contribution in [0.15, 0.2) is 59.5 Å². The zero-order chi connectivity index (χ0) is 32.3. The van der Waals surface area contributed by atoms with Crippen LogP contribution < -0.4 is 10.7 Å². The van der Waals surface area contributed by atoms with Crippen LogP contribution in [0.4, 0.5) is 13.6 Å². The summed E-state index contributed by atoms with van der Waals surface area (Å²) in [5.41, 5.74) is -0.965. The number of hydrogen-bond acceptors (Lipinski definition) is 9. The molecule has 0 saturated carbocycles. The number of nitrogens with zero attached hydrogens (tertiary/aromatic N) is 4. The number of piperidine rings is 1. The van der Waals surface area contributed by atoms with Gasteiger partial charge in [-0.25, -0.2) is 13.6 Å². The van der Waals surface area contributed by atoms with Crippen LogP contribution in [0, 0.1) is 11.6 Å². The Kier molecular flexibility index (Phi) is 9.25. The van der Waals surface area contributed by atoms with E-state index in [1.54, 1.807) is 19.0 Å². The number of pyridine rings is 1. The molecule has 0 spiro atoms. The molecule has 1 saturated heterocycles. The number of halogens is 2. The first-order valence-electron chi connectivity index (χ1n) is 14.2. The molecule has 11 nitrogen and oxygen atoms in total. The van der Waals surface area contributed by atoms with Crippen molar-refractivity contribution < 1.29 is 28.2 Å². The van der Waals surface area contributed by atoms with Gasteiger partial charge in [-0.1, -0.05) is 47.7 Å². The molecule has 4 aromatic rings. The first-order chi connectivity index (χ1) is 21.5. The summed E-state index contributed by atoms with van der Waals surface area (Å²) in [6.07, 6.45) is 1.57. The molecule has 2 aromatic carbocycles. The Labute approximate surface area is 261 Å². The van der Waals surface area contributed by atoms with E-state index in [1.165, 1.54) is 17.2 Å². The van der Waals surface area contributed by atoms with Gasteiger partial charge in [0.2, 0.25) is 5.43 Å². The number of hydrogen-bond donors (Lipinski definition) is 3. The Morgan fingerprint density at radius 3 is 2.67 bits per heavy atom. The molecule has 14 heteroatoms. The van der Waals surface area contributed by atoms with E-state index in [-0.39, 0.29) is 40.9 Å². The molecule has 1 fully saturated rings. The Morgan fingerprint density at radius 2 is 1.98 bits per heavy atom. The highest BCUT2D eigenvalue weighted by Gasteiger charge is 2.44. The topological polar surface area (TPSA) is 141 Å². The third-order valence-electron chi connectivity index (χ3n) is 8.11. The first kappa shape index (κ1) is 31.7. The molecule has 5 rings (SSSR count). The Hall–Kier alpha value is -4.69. The average molecular weight is 639 g/mol. The van der Waals surface area contributed by atoms with Crippen molar-refractivity contribution in [1.82, 2.24) is 30.3 Å². The molecule has 0 radical (unpaired) electrons. The smallest absolute Gasteiger partial charge is 0.410 e. The second-order valence-electron chi connectivity index (χ2n) is 10.9. The summed E-state index contributed by atoms with van der Waals surface area (Å²) >= 11 is 1.01. The summed E-state index contributed by atoms with van der Waals surface area (Å²) in [6.45, 7) is 2.31. The van der Waals surface area contributed by atoms with Gasteiger partial charge in [-0.05, 0) is 31.2 Å². The molecular weight excluding hydrogens is 606 g/mol. The lowest BCUT2D eigenvalue weighted by Gasteiger charge is -2.49. The Bertz CT molecular complexity index is 1770. The maximum absolute atomic E-state index is 14.1. The maximum atomic E-state index is 14.1. The molecule has 3 N–H and O–H groups in total. The van der Waals surface area contributed by atoms with Crippen LogP contribution in [0.5, 0.6) is 5.75 Å². The number of ether oxygens (including phenoxy) is 1. The fourth-order valence-electron chi connectivity index (χ4n) is 5.46. The number of rotatable bonds is 8. The predicted molar refractivity (Wildman–Crippen MR) is 163 cm³/mol. The molecule has 1 aliphatic heterocycles. The van der Waals surface area contributed by atoms with Crippen LogP contribution in [0.25, 0.3) is 10.6 Å². The second kappa shape index (κ2) is 13.1. The van der Waals surface area contributed by atoms with Gasteiger partial charge in [0.05, 0.1) is 11.2 Å². The van der Waals surface area contributed by atoms with Crippen LogP contribution >= 0.6 is 11.3 Å². The lowest BCUT2D eigenvalue weighted by atomic mass is 9.90. The molecule has 0 bridgehead atoms. The van der Waals surface area contributed by atoms with E-state index < -0.39 is 40.5 Å². The van der Waals surface area contributed by atoms with Gasteiger partial charge < -0.3 is 24.6 Å². The normalized spacial score (nSPS) is 18.1. The minimum Gasteiger partial charge on any atom is -0.503 e. The van der Waals surface area contributed by atoms with E-state index in [2.05, 4.69) is 20.5 Å². The van der Waals surface area contributed by atoms with Gasteiger partial charge >= 0.3 is 6.09 Å². The molecule has 236 valence electrons. The highest BCUT2D eigenvalue weighted by atomic mass is 32.1. The minimum atomic E-state index is -0.890. The summed E-state index contributed by atoms with van der Waals surface area (Å²) in [5, 5.41) is 22.5. The SMILES string of the molecule is CNC1(N(C)C(=O)c2[nH]cc(-c3nnc(Cc4ccc(F)cc4F)s3)c(=O)c2O)CCN(C(=O)OCc2ccccc2)[C@@H](C)C1. The standard InChI is InChI=1S/C31H32F2N6O5S/c1-18-15-31(34-2,11-12-39(18)30(43)44-17-19-7-5-4-6-8-19)38(3)29(42)25-27(41)26(40)22(16-35-25)28-37-36-24(45-28)13-20-9-10-21(32)14-23(20)33/h4-10,14,16,18,34,41H,11-13,15,17H2,1-3H3,(H,35,40)/t18-,31?/m0/s1. The zero-order valence-corrected chi connectivity index (χ0v) is 25.7. The van der Waals surface area contributed by atoms with E-state index in [9.17, 15) is 28.3 Å². The number of H-pyrrole nitrogens is 1. The van der Waals surface area contributed by atoms with E-state index in [0.717, 1.165) is 29.0 Å². The predicted octanol–water partition coefficient (Wildman–Crippen LogP) is 4.28. The van der Waals surface area contributed by atoms with E-state index >= 15 is 0 Å². The zero-order valence-electron chi connectivity index (χ0n) is 24.8. The molecule has 45 heavy (non-hydrogen) atoms. The number of likely N-dealkylation sites (tertiary alicyclic amines) is 1. The van der Waals surface area contributed by atoms with E-state index in [0.29, 0.717) is 24.4 Å². The molecule has 3 heterocycles. The number of aromatic nitrogens is 3. The number of carbonyl (C=O) groups is 2. The van der Waals surface area contributed by atoms with Crippen molar-refractivity contribution in [3.8, 4) is 16.3 Å². The molecule has 2 atom stereocenters. The summed E-state index contributed by atoms with van der Waals surface area (Å²) in [6, 6.07) is 12.3. The summed E-state index contributed by atoms with van der Waals surface area (Å²) in [5.74, 6) is -2.84. The van der Waals surface area contributed by atoms with Gasteiger partial charge in [0.1, 0.15) is 23.2 Å². The number of amides is 2. The van der Waals surface area contributed by atoms with Gasteiger partial charge in [0, 0.05) is 51.2 Å². The molecule has 1 aliphatic rings. The second-order valence-corrected chi connectivity index (χ2v) is 11.9. The molecule has 1 unspecified atom stereocenters. The third-order valence-corrected chi connectivity index (χ3v) is 9.06. The van der Waals surface area contributed by atoms with Crippen LogP contribution in [-0.4, -0.2) is 74.4 Å². The highest BCUT2D eigenvalue weighted by Crippen LogP contribution is 2.32. The van der Waals surface area contributed by atoms with Gasteiger partial charge in [0.15, 0.2) is 16.5 Å². The highest BCUT2D eigenvalue weighted by molar-refractivity contribution is 7.14. The fraction of sp³-hybridized carbons (Fsp3) is 0.323. The van der Waals surface area contributed by atoms with Crippen molar-refractivity contribution in [1.29, 1.82) is 0 Å². The summed E-state index contributed by atoms with van der Waals surface area (Å²) < 4.78 is 32.8. The monoisotopic (exact) mass is 638 g/mol. The van der Waals surface area contributed by atoms with Crippen LogP contribution in [0.2, 0.25) is 0 Å². The molecular formula is C31H32F2N6O5S. The number of carbonyl (C=O) groups excluding carboxylic acids is 2. The quantitative estimate of drug-likeness (QED) is 0.243.